The highest BCUT2D eigenvalue weighted by Gasteiger charge is 2.20. The van der Waals surface area contributed by atoms with E-state index < -0.39 is 11.8 Å². The second-order valence-electron chi connectivity index (χ2n) is 6.60. The van der Waals surface area contributed by atoms with Gasteiger partial charge in [-0.05, 0) is 36.4 Å². The Kier molecular flexibility index (Phi) is 6.17. The summed E-state index contributed by atoms with van der Waals surface area (Å²) in [5.74, 6) is 0.187. The van der Waals surface area contributed by atoms with Crippen molar-refractivity contribution in [3.05, 3.63) is 96.2 Å². The van der Waals surface area contributed by atoms with Gasteiger partial charge in [-0.3, -0.25) is 20.4 Å². The quantitative estimate of drug-likeness (QED) is 0.435. The summed E-state index contributed by atoms with van der Waals surface area (Å²) in [7, 11) is 1.43. The van der Waals surface area contributed by atoms with Crippen LogP contribution in [0.15, 0.2) is 83.4 Å². The number of nitrogens with zero attached hydrogens (tertiary/aromatic N) is 2. The maximum Gasteiger partial charge on any atom is 0.305 e. The average Bonchev–Trinajstić information content (AvgIpc) is 3.50. The van der Waals surface area contributed by atoms with Crippen LogP contribution in [-0.2, 0) is 6.61 Å². The molecule has 0 saturated heterocycles. The number of hydrogen-bond donors (Lipinski definition) is 2. The molecule has 0 radical (unpaired) electrons. The Morgan fingerprint density at radius 3 is 2.34 bits per heavy atom. The summed E-state index contributed by atoms with van der Waals surface area (Å²) in [6.45, 7) is 0.164. The Balaban J connectivity index is 1.35. The minimum absolute atomic E-state index is 0.0213. The minimum Gasteiger partial charge on any atom is -0.493 e. The van der Waals surface area contributed by atoms with Gasteiger partial charge in [0.1, 0.15) is 18.1 Å². The third kappa shape index (κ3) is 4.78. The molecule has 2 amide bonds. The number of para-hydroxylation sites is 2. The summed E-state index contributed by atoms with van der Waals surface area (Å²) in [4.78, 5) is 24.9. The molecule has 2 heterocycles. The van der Waals surface area contributed by atoms with Gasteiger partial charge < -0.3 is 13.9 Å². The van der Waals surface area contributed by atoms with Crippen LogP contribution in [0, 0.1) is 0 Å². The van der Waals surface area contributed by atoms with Gasteiger partial charge in [-0.25, -0.2) is 4.68 Å². The molecule has 9 nitrogen and oxygen atoms in total. The van der Waals surface area contributed by atoms with Crippen LogP contribution in [0.2, 0.25) is 0 Å². The molecular formula is C23H20N4O5. The lowest BCUT2D eigenvalue weighted by molar-refractivity contribution is 0.0824. The van der Waals surface area contributed by atoms with Gasteiger partial charge in [0.25, 0.3) is 5.91 Å². The van der Waals surface area contributed by atoms with Crippen LogP contribution in [-0.4, -0.2) is 28.7 Å². The van der Waals surface area contributed by atoms with Crippen molar-refractivity contribution in [2.24, 2.45) is 0 Å². The molecule has 0 aliphatic heterocycles. The molecule has 2 aromatic heterocycles. The fourth-order valence-corrected chi connectivity index (χ4v) is 2.86. The highest BCUT2D eigenvalue weighted by atomic mass is 16.5. The van der Waals surface area contributed by atoms with Crippen molar-refractivity contribution in [3.8, 4) is 17.2 Å². The molecule has 0 spiro atoms. The molecule has 9 heteroatoms. The number of methoxy groups -OCH3 is 1. The minimum atomic E-state index is -0.635. The molecule has 0 unspecified atom stereocenters. The van der Waals surface area contributed by atoms with Gasteiger partial charge in [0.2, 0.25) is 0 Å². The maximum atomic E-state index is 12.5. The SMILES string of the molecule is COc1cn(-c2ccccc2)nc1C(=O)NNC(=O)c1ccc(COc2ccccc2)o1. The summed E-state index contributed by atoms with van der Waals surface area (Å²) in [5, 5.41) is 4.25. The molecule has 32 heavy (non-hydrogen) atoms. The fourth-order valence-electron chi connectivity index (χ4n) is 2.86. The second kappa shape index (κ2) is 9.52. The molecular weight excluding hydrogens is 412 g/mol. The summed E-state index contributed by atoms with van der Waals surface area (Å²) in [6, 6.07) is 21.6. The molecule has 0 saturated carbocycles. The van der Waals surface area contributed by atoms with Crippen LogP contribution in [0.25, 0.3) is 5.69 Å². The molecule has 0 aliphatic carbocycles. The van der Waals surface area contributed by atoms with Gasteiger partial charge in [-0.1, -0.05) is 36.4 Å². The summed E-state index contributed by atoms with van der Waals surface area (Å²) >= 11 is 0. The average molecular weight is 432 g/mol. The number of rotatable bonds is 7. The van der Waals surface area contributed by atoms with Gasteiger partial charge in [-0.2, -0.15) is 5.10 Å². The lowest BCUT2D eigenvalue weighted by atomic mass is 10.3. The summed E-state index contributed by atoms with van der Waals surface area (Å²) < 4.78 is 17.8. The summed E-state index contributed by atoms with van der Waals surface area (Å²) in [6.07, 6.45) is 1.58. The number of furan rings is 1. The third-order valence-corrected chi connectivity index (χ3v) is 4.44. The van der Waals surface area contributed by atoms with Crippen LogP contribution in [0.4, 0.5) is 0 Å². The first-order valence-electron chi connectivity index (χ1n) is 9.70. The van der Waals surface area contributed by atoms with E-state index in [4.69, 9.17) is 13.9 Å². The second-order valence-corrected chi connectivity index (χ2v) is 6.60. The smallest absolute Gasteiger partial charge is 0.305 e. The third-order valence-electron chi connectivity index (χ3n) is 4.44. The zero-order chi connectivity index (χ0) is 22.3. The Morgan fingerprint density at radius 1 is 0.938 bits per heavy atom. The zero-order valence-electron chi connectivity index (χ0n) is 17.1. The Hall–Kier alpha value is -4.53. The number of nitrogens with one attached hydrogen (secondary N) is 2. The van der Waals surface area contributed by atoms with E-state index in [1.54, 1.807) is 12.3 Å². The van der Waals surface area contributed by atoms with Crippen molar-refractivity contribution in [1.29, 1.82) is 0 Å². The first kappa shape index (κ1) is 20.7. The van der Waals surface area contributed by atoms with Crippen molar-refractivity contribution in [1.82, 2.24) is 20.6 Å². The van der Waals surface area contributed by atoms with Crippen molar-refractivity contribution >= 4 is 11.8 Å². The van der Waals surface area contributed by atoms with Gasteiger partial charge in [0.05, 0.1) is 19.0 Å². The maximum absolute atomic E-state index is 12.5. The monoisotopic (exact) mass is 432 g/mol. The molecule has 4 rings (SSSR count). The van der Waals surface area contributed by atoms with E-state index in [1.807, 2.05) is 60.7 Å². The van der Waals surface area contributed by atoms with E-state index in [0.29, 0.717) is 11.5 Å². The molecule has 2 aromatic carbocycles. The predicted octanol–water partition coefficient (Wildman–Crippen LogP) is 3.13. The van der Waals surface area contributed by atoms with Crippen molar-refractivity contribution in [2.45, 2.75) is 6.61 Å². The highest BCUT2D eigenvalue weighted by molar-refractivity contribution is 5.98. The predicted molar refractivity (Wildman–Crippen MR) is 115 cm³/mol. The normalized spacial score (nSPS) is 10.4. The van der Waals surface area contributed by atoms with E-state index in [9.17, 15) is 9.59 Å². The first-order valence-corrected chi connectivity index (χ1v) is 9.70. The van der Waals surface area contributed by atoms with E-state index in [2.05, 4.69) is 16.0 Å². The number of carbonyl (C=O) groups excluding carboxylic acids is 2. The Labute approximate surface area is 183 Å². The number of hydrazine groups is 1. The fraction of sp³-hybridized carbons (Fsp3) is 0.0870. The number of aromatic nitrogens is 2. The lowest BCUT2D eigenvalue weighted by Gasteiger charge is -2.05. The Bertz CT molecular complexity index is 1200. The first-order chi connectivity index (χ1) is 15.6. The molecule has 0 atom stereocenters. The van der Waals surface area contributed by atoms with Crippen LogP contribution in [0.5, 0.6) is 11.5 Å². The van der Waals surface area contributed by atoms with E-state index in [0.717, 1.165) is 5.69 Å². The largest absolute Gasteiger partial charge is 0.493 e. The van der Waals surface area contributed by atoms with Gasteiger partial charge in [0.15, 0.2) is 17.2 Å². The van der Waals surface area contributed by atoms with Crippen LogP contribution < -0.4 is 20.3 Å². The van der Waals surface area contributed by atoms with E-state index >= 15 is 0 Å². The van der Waals surface area contributed by atoms with E-state index in [-0.39, 0.29) is 23.8 Å². The molecule has 0 aliphatic rings. The van der Waals surface area contributed by atoms with Crippen molar-refractivity contribution < 1.29 is 23.5 Å². The number of carbonyl (C=O) groups is 2. The lowest BCUT2D eigenvalue weighted by Crippen LogP contribution is -2.41. The summed E-state index contributed by atoms with van der Waals surface area (Å²) in [5.41, 5.74) is 5.41. The van der Waals surface area contributed by atoms with Crippen LogP contribution in [0.3, 0.4) is 0 Å². The Morgan fingerprint density at radius 2 is 1.62 bits per heavy atom. The van der Waals surface area contributed by atoms with Gasteiger partial charge >= 0.3 is 5.91 Å². The molecule has 0 fully saturated rings. The highest BCUT2D eigenvalue weighted by Crippen LogP contribution is 2.19. The van der Waals surface area contributed by atoms with E-state index in [1.165, 1.54) is 17.9 Å². The topological polar surface area (TPSA) is 108 Å². The van der Waals surface area contributed by atoms with Crippen LogP contribution >= 0.6 is 0 Å². The van der Waals surface area contributed by atoms with Crippen LogP contribution in [0.1, 0.15) is 26.8 Å². The number of ether oxygens (including phenoxy) is 2. The number of benzene rings is 2. The zero-order valence-corrected chi connectivity index (χ0v) is 17.1. The standard InChI is InChI=1S/C23H20N4O5/c1-30-20-14-27(16-8-4-2-5-9-16)26-21(20)23(29)25-24-22(28)19-13-12-18(32-19)15-31-17-10-6-3-7-11-17/h2-14H,15H2,1H3,(H,24,28)(H,25,29). The number of amides is 2. The van der Waals surface area contributed by atoms with Crippen molar-refractivity contribution in [3.63, 3.8) is 0 Å². The molecule has 2 N–H and O–H groups in total. The van der Waals surface area contributed by atoms with Crippen molar-refractivity contribution in [2.75, 3.05) is 7.11 Å². The number of hydrogen-bond acceptors (Lipinski definition) is 6. The molecule has 162 valence electrons. The molecule has 4 aromatic rings. The molecule has 0 bridgehead atoms. The van der Waals surface area contributed by atoms with Gasteiger partial charge in [-0.15, -0.1) is 0 Å². The van der Waals surface area contributed by atoms with Gasteiger partial charge in [0, 0.05) is 0 Å².